The van der Waals surface area contributed by atoms with Crippen molar-refractivity contribution in [2.24, 2.45) is 10.7 Å². The van der Waals surface area contributed by atoms with Gasteiger partial charge in [0.1, 0.15) is 6.04 Å². The average molecular weight is 156 g/mol. The summed E-state index contributed by atoms with van der Waals surface area (Å²) in [4.78, 5) is 14.8. The number of carbonyl (C=O) groups excluding carboxylic acids is 1. The molecule has 1 aliphatic rings. The third kappa shape index (κ3) is 1.27. The van der Waals surface area contributed by atoms with Crippen molar-refractivity contribution in [1.82, 2.24) is 0 Å². The number of hydrogen-bond acceptors (Lipinski definition) is 4. The number of rotatable bonds is 0. The van der Waals surface area contributed by atoms with Gasteiger partial charge in [0.25, 0.3) is 0 Å². The summed E-state index contributed by atoms with van der Waals surface area (Å²) in [7, 11) is 0. The molecule has 0 spiro atoms. The summed E-state index contributed by atoms with van der Waals surface area (Å²) in [5.41, 5.74) is 5.48. The van der Waals surface area contributed by atoms with Crippen LogP contribution in [-0.2, 0) is 4.79 Å². The van der Waals surface area contributed by atoms with Gasteiger partial charge in [0.2, 0.25) is 0 Å². The standard InChI is InChI=1S/C6H8N2OS/c1-10-6-5(7)4(9)2-3-8-6/h2-3,5H,7H2,1H3. The first kappa shape index (κ1) is 7.50. The molecule has 0 fully saturated rings. The van der Waals surface area contributed by atoms with E-state index in [0.717, 1.165) is 0 Å². The maximum Gasteiger partial charge on any atom is 0.180 e. The first-order valence-corrected chi connectivity index (χ1v) is 4.06. The Bertz CT molecular complexity index is 210. The molecular weight excluding hydrogens is 148 g/mol. The third-order valence-corrected chi connectivity index (χ3v) is 2.00. The van der Waals surface area contributed by atoms with Crippen LogP contribution in [0.5, 0.6) is 0 Å². The first-order valence-electron chi connectivity index (χ1n) is 2.83. The number of thioether (sulfide) groups is 1. The van der Waals surface area contributed by atoms with Crippen LogP contribution in [-0.4, -0.2) is 23.1 Å². The Morgan fingerprint density at radius 3 is 3.00 bits per heavy atom. The van der Waals surface area contributed by atoms with Gasteiger partial charge in [0, 0.05) is 12.3 Å². The second kappa shape index (κ2) is 2.98. The summed E-state index contributed by atoms with van der Waals surface area (Å²) < 4.78 is 0. The van der Waals surface area contributed by atoms with E-state index < -0.39 is 6.04 Å². The van der Waals surface area contributed by atoms with Crippen molar-refractivity contribution >= 4 is 22.6 Å². The van der Waals surface area contributed by atoms with Gasteiger partial charge in [-0.1, -0.05) is 0 Å². The second-order valence-electron chi connectivity index (χ2n) is 1.87. The van der Waals surface area contributed by atoms with E-state index in [1.807, 2.05) is 6.26 Å². The van der Waals surface area contributed by atoms with E-state index in [0.29, 0.717) is 5.04 Å². The summed E-state index contributed by atoms with van der Waals surface area (Å²) in [6, 6.07) is -0.528. The van der Waals surface area contributed by atoms with Gasteiger partial charge >= 0.3 is 0 Å². The van der Waals surface area contributed by atoms with Crippen molar-refractivity contribution in [1.29, 1.82) is 0 Å². The molecule has 0 saturated carbocycles. The van der Waals surface area contributed by atoms with Crippen molar-refractivity contribution in [2.45, 2.75) is 6.04 Å². The molecule has 0 aromatic carbocycles. The van der Waals surface area contributed by atoms with Crippen LogP contribution in [0.15, 0.2) is 17.3 Å². The van der Waals surface area contributed by atoms with Crippen molar-refractivity contribution < 1.29 is 4.79 Å². The maximum atomic E-state index is 10.9. The molecule has 0 bridgehead atoms. The van der Waals surface area contributed by atoms with Crippen molar-refractivity contribution in [3.8, 4) is 0 Å². The number of aliphatic imine (C=N–C) groups is 1. The molecule has 1 aliphatic heterocycles. The molecule has 0 saturated heterocycles. The lowest BCUT2D eigenvalue weighted by Gasteiger charge is -2.10. The largest absolute Gasteiger partial charge is 0.316 e. The van der Waals surface area contributed by atoms with E-state index in [2.05, 4.69) is 4.99 Å². The van der Waals surface area contributed by atoms with Gasteiger partial charge < -0.3 is 5.73 Å². The molecule has 0 aliphatic carbocycles. The highest BCUT2D eigenvalue weighted by Crippen LogP contribution is 2.07. The van der Waals surface area contributed by atoms with Crippen LogP contribution in [0.25, 0.3) is 0 Å². The lowest BCUT2D eigenvalue weighted by molar-refractivity contribution is -0.114. The van der Waals surface area contributed by atoms with Gasteiger partial charge in [-0.2, -0.15) is 0 Å². The molecule has 10 heavy (non-hydrogen) atoms. The SMILES string of the molecule is CSC1=NC=CC(=O)C1N. The Balaban J connectivity index is 2.81. The van der Waals surface area contributed by atoms with Gasteiger partial charge in [-0.15, -0.1) is 11.8 Å². The minimum atomic E-state index is -0.528. The van der Waals surface area contributed by atoms with Crippen LogP contribution in [0.2, 0.25) is 0 Å². The summed E-state index contributed by atoms with van der Waals surface area (Å²) in [5.74, 6) is -0.0700. The van der Waals surface area contributed by atoms with Crippen LogP contribution in [0.3, 0.4) is 0 Å². The van der Waals surface area contributed by atoms with Crippen molar-refractivity contribution in [3.05, 3.63) is 12.3 Å². The van der Waals surface area contributed by atoms with Crippen LogP contribution >= 0.6 is 11.8 Å². The fraction of sp³-hybridized carbons (Fsp3) is 0.333. The van der Waals surface area contributed by atoms with Gasteiger partial charge in [-0.25, -0.2) is 0 Å². The van der Waals surface area contributed by atoms with Crippen LogP contribution in [0.1, 0.15) is 0 Å². The Kier molecular flexibility index (Phi) is 2.24. The molecule has 0 aromatic rings. The van der Waals surface area contributed by atoms with Gasteiger partial charge in [-0.05, 0) is 6.26 Å². The molecule has 54 valence electrons. The lowest BCUT2D eigenvalue weighted by atomic mass is 10.2. The Labute approximate surface area is 63.4 Å². The molecule has 1 atom stereocenters. The van der Waals surface area contributed by atoms with E-state index in [1.165, 1.54) is 24.0 Å². The highest BCUT2D eigenvalue weighted by molar-refractivity contribution is 8.13. The first-order chi connectivity index (χ1) is 4.75. The highest BCUT2D eigenvalue weighted by atomic mass is 32.2. The minimum Gasteiger partial charge on any atom is -0.316 e. The second-order valence-corrected chi connectivity index (χ2v) is 2.69. The quantitative estimate of drug-likeness (QED) is 0.544. The van der Waals surface area contributed by atoms with E-state index in [-0.39, 0.29) is 5.78 Å². The Morgan fingerprint density at radius 1 is 1.80 bits per heavy atom. The zero-order valence-electron chi connectivity index (χ0n) is 5.57. The summed E-state index contributed by atoms with van der Waals surface area (Å²) >= 11 is 1.41. The monoisotopic (exact) mass is 156 g/mol. The minimum absolute atomic E-state index is 0.0700. The third-order valence-electron chi connectivity index (χ3n) is 1.22. The van der Waals surface area contributed by atoms with Crippen LogP contribution in [0, 0.1) is 0 Å². The van der Waals surface area contributed by atoms with E-state index >= 15 is 0 Å². The van der Waals surface area contributed by atoms with Crippen molar-refractivity contribution in [3.63, 3.8) is 0 Å². The fourth-order valence-corrected chi connectivity index (χ4v) is 1.21. The van der Waals surface area contributed by atoms with E-state index in [9.17, 15) is 4.79 Å². The number of hydrogen-bond donors (Lipinski definition) is 1. The summed E-state index contributed by atoms with van der Waals surface area (Å²) in [6.07, 6.45) is 4.73. The Hall–Kier alpha value is -0.610. The predicted molar refractivity (Wildman–Crippen MR) is 43.1 cm³/mol. The number of ketones is 1. The molecule has 0 amide bonds. The summed E-state index contributed by atoms with van der Waals surface area (Å²) in [5, 5.41) is 0.688. The fourth-order valence-electron chi connectivity index (χ4n) is 0.670. The average Bonchev–Trinajstić information content (AvgIpc) is 1.95. The van der Waals surface area contributed by atoms with E-state index in [4.69, 9.17) is 5.73 Å². The zero-order chi connectivity index (χ0) is 7.56. The van der Waals surface area contributed by atoms with Gasteiger partial charge in [0.15, 0.2) is 5.78 Å². The zero-order valence-corrected chi connectivity index (χ0v) is 6.39. The number of nitrogens with zero attached hydrogens (tertiary/aromatic N) is 1. The van der Waals surface area contributed by atoms with Crippen molar-refractivity contribution in [2.75, 3.05) is 6.26 Å². The molecule has 1 heterocycles. The van der Waals surface area contributed by atoms with E-state index in [1.54, 1.807) is 0 Å². The highest BCUT2D eigenvalue weighted by Gasteiger charge is 2.18. The molecule has 1 rings (SSSR count). The number of carbonyl (C=O) groups is 1. The van der Waals surface area contributed by atoms with Gasteiger partial charge in [-0.3, -0.25) is 9.79 Å². The normalized spacial score (nSPS) is 24.8. The molecule has 3 nitrogen and oxygen atoms in total. The molecule has 0 radical (unpaired) electrons. The molecule has 0 aromatic heterocycles. The molecule has 2 N–H and O–H groups in total. The maximum absolute atomic E-state index is 10.9. The molecule has 1 unspecified atom stereocenters. The number of nitrogens with two attached hydrogens (primary N) is 1. The predicted octanol–water partition coefficient (Wildman–Crippen LogP) is 0.172. The lowest BCUT2D eigenvalue weighted by Crippen LogP contribution is -2.37. The van der Waals surface area contributed by atoms with Gasteiger partial charge in [0.05, 0.1) is 5.04 Å². The summed E-state index contributed by atoms with van der Waals surface area (Å²) in [6.45, 7) is 0. The molecular formula is C6H8N2OS. The topological polar surface area (TPSA) is 55.5 Å². The molecule has 4 heteroatoms. The van der Waals surface area contributed by atoms with Crippen LogP contribution < -0.4 is 5.73 Å². The van der Waals surface area contributed by atoms with Crippen LogP contribution in [0.4, 0.5) is 0 Å². The smallest absolute Gasteiger partial charge is 0.180 e. The Morgan fingerprint density at radius 2 is 2.50 bits per heavy atom.